The lowest BCUT2D eigenvalue weighted by atomic mass is 10.2. The highest BCUT2D eigenvalue weighted by Gasteiger charge is 2.20. The SMILES string of the molecule is CC(C)CNCc1occc1COCCC1CC1. The standard InChI is InChI=1S/C15H25NO2/c1-12(2)9-16-10-15-14(6-8-18-15)11-17-7-5-13-3-4-13/h6,8,12-13,16H,3-5,7,9-11H2,1-2H3. The second-order valence-electron chi connectivity index (χ2n) is 5.68. The zero-order valence-corrected chi connectivity index (χ0v) is 11.6. The Labute approximate surface area is 110 Å². The van der Waals surface area contributed by atoms with Crippen LogP contribution in [-0.4, -0.2) is 13.2 Å². The Bertz CT molecular complexity index is 342. The van der Waals surface area contributed by atoms with Crippen LogP contribution in [0, 0.1) is 11.8 Å². The van der Waals surface area contributed by atoms with E-state index >= 15 is 0 Å². The van der Waals surface area contributed by atoms with Crippen LogP contribution >= 0.6 is 0 Å². The van der Waals surface area contributed by atoms with Gasteiger partial charge in [0.2, 0.25) is 0 Å². The summed E-state index contributed by atoms with van der Waals surface area (Å²) in [5, 5.41) is 3.40. The number of ether oxygens (including phenoxy) is 1. The Morgan fingerprint density at radius 3 is 3.00 bits per heavy atom. The van der Waals surface area contributed by atoms with Crippen molar-refractivity contribution in [3.63, 3.8) is 0 Å². The zero-order valence-electron chi connectivity index (χ0n) is 11.6. The predicted octanol–water partition coefficient (Wildman–Crippen LogP) is 3.34. The Kier molecular flexibility index (Phi) is 5.26. The van der Waals surface area contributed by atoms with E-state index in [1.807, 2.05) is 6.07 Å². The molecule has 0 aliphatic heterocycles. The Morgan fingerprint density at radius 2 is 2.28 bits per heavy atom. The number of rotatable bonds is 9. The van der Waals surface area contributed by atoms with Gasteiger partial charge in [0.25, 0.3) is 0 Å². The second-order valence-corrected chi connectivity index (χ2v) is 5.68. The summed E-state index contributed by atoms with van der Waals surface area (Å²) in [4.78, 5) is 0. The Hall–Kier alpha value is -0.800. The molecule has 1 fully saturated rings. The number of furan rings is 1. The van der Waals surface area contributed by atoms with Crippen LogP contribution in [0.25, 0.3) is 0 Å². The molecular weight excluding hydrogens is 226 g/mol. The first kappa shape index (κ1) is 13.6. The van der Waals surface area contributed by atoms with Crippen LogP contribution < -0.4 is 5.32 Å². The van der Waals surface area contributed by atoms with Crippen molar-refractivity contribution in [3.8, 4) is 0 Å². The highest BCUT2D eigenvalue weighted by Crippen LogP contribution is 2.32. The van der Waals surface area contributed by atoms with Crippen LogP contribution in [0.15, 0.2) is 16.7 Å². The van der Waals surface area contributed by atoms with Gasteiger partial charge < -0.3 is 14.5 Å². The molecule has 3 heteroatoms. The van der Waals surface area contributed by atoms with Gasteiger partial charge in [-0.05, 0) is 30.9 Å². The highest BCUT2D eigenvalue weighted by molar-refractivity contribution is 5.15. The predicted molar refractivity (Wildman–Crippen MR) is 72.2 cm³/mol. The van der Waals surface area contributed by atoms with Crippen LogP contribution in [0.5, 0.6) is 0 Å². The topological polar surface area (TPSA) is 34.4 Å². The van der Waals surface area contributed by atoms with Gasteiger partial charge in [-0.3, -0.25) is 0 Å². The Balaban J connectivity index is 1.65. The molecule has 2 rings (SSSR count). The van der Waals surface area contributed by atoms with Gasteiger partial charge in [0, 0.05) is 12.2 Å². The number of hydrogen-bond donors (Lipinski definition) is 1. The van der Waals surface area contributed by atoms with Gasteiger partial charge in [-0.1, -0.05) is 26.7 Å². The lowest BCUT2D eigenvalue weighted by Crippen LogP contribution is -2.19. The molecule has 0 spiro atoms. The van der Waals surface area contributed by atoms with Gasteiger partial charge in [0.1, 0.15) is 5.76 Å². The fourth-order valence-corrected chi connectivity index (χ4v) is 1.96. The molecule has 0 unspecified atom stereocenters. The summed E-state index contributed by atoms with van der Waals surface area (Å²) in [6, 6.07) is 2.02. The third-order valence-electron chi connectivity index (χ3n) is 3.30. The molecule has 1 aromatic rings. The maximum atomic E-state index is 5.71. The molecule has 18 heavy (non-hydrogen) atoms. The minimum Gasteiger partial charge on any atom is -0.468 e. The van der Waals surface area contributed by atoms with E-state index in [0.717, 1.165) is 31.4 Å². The van der Waals surface area contributed by atoms with Crippen LogP contribution in [-0.2, 0) is 17.9 Å². The molecule has 0 aromatic carbocycles. The number of hydrogen-bond acceptors (Lipinski definition) is 3. The van der Waals surface area contributed by atoms with E-state index in [2.05, 4.69) is 19.2 Å². The van der Waals surface area contributed by atoms with Gasteiger partial charge >= 0.3 is 0 Å². The van der Waals surface area contributed by atoms with Crippen molar-refractivity contribution in [2.24, 2.45) is 11.8 Å². The summed E-state index contributed by atoms with van der Waals surface area (Å²) in [7, 11) is 0. The van der Waals surface area contributed by atoms with Crippen LogP contribution in [0.4, 0.5) is 0 Å². The maximum absolute atomic E-state index is 5.71. The summed E-state index contributed by atoms with van der Waals surface area (Å²) in [6.45, 7) is 7.79. The van der Waals surface area contributed by atoms with Crippen molar-refractivity contribution in [1.29, 1.82) is 0 Å². The van der Waals surface area contributed by atoms with E-state index in [0.29, 0.717) is 12.5 Å². The number of nitrogens with one attached hydrogen (secondary N) is 1. The van der Waals surface area contributed by atoms with E-state index in [1.165, 1.54) is 24.8 Å². The summed E-state index contributed by atoms with van der Waals surface area (Å²) in [6.07, 6.45) is 5.78. The van der Waals surface area contributed by atoms with Gasteiger partial charge in [-0.15, -0.1) is 0 Å². The second kappa shape index (κ2) is 6.95. The minimum atomic E-state index is 0.665. The molecule has 1 aliphatic carbocycles. The molecule has 0 saturated heterocycles. The average Bonchev–Trinajstić information content (AvgIpc) is 3.05. The van der Waals surface area contributed by atoms with Gasteiger partial charge in [0.05, 0.1) is 19.4 Å². The summed E-state index contributed by atoms with van der Waals surface area (Å²) >= 11 is 0. The van der Waals surface area contributed by atoms with Crippen molar-refractivity contribution in [3.05, 3.63) is 23.7 Å². The maximum Gasteiger partial charge on any atom is 0.123 e. The third kappa shape index (κ3) is 4.83. The minimum absolute atomic E-state index is 0.665. The molecule has 3 nitrogen and oxygen atoms in total. The van der Waals surface area contributed by atoms with Gasteiger partial charge in [-0.2, -0.15) is 0 Å². The molecule has 0 atom stereocenters. The first-order valence-corrected chi connectivity index (χ1v) is 7.09. The summed E-state index contributed by atoms with van der Waals surface area (Å²) in [5.41, 5.74) is 1.18. The van der Waals surface area contributed by atoms with Crippen molar-refractivity contribution >= 4 is 0 Å². The lowest BCUT2D eigenvalue weighted by Gasteiger charge is -2.07. The first-order chi connectivity index (χ1) is 8.75. The molecule has 1 heterocycles. The molecule has 1 saturated carbocycles. The molecule has 0 amide bonds. The lowest BCUT2D eigenvalue weighted by molar-refractivity contribution is 0.114. The van der Waals surface area contributed by atoms with E-state index in [9.17, 15) is 0 Å². The first-order valence-electron chi connectivity index (χ1n) is 7.09. The molecule has 102 valence electrons. The van der Waals surface area contributed by atoms with Crippen LogP contribution in [0.1, 0.15) is 44.4 Å². The molecule has 1 aromatic heterocycles. The van der Waals surface area contributed by atoms with Crippen molar-refractivity contribution < 1.29 is 9.15 Å². The molecule has 0 bridgehead atoms. The van der Waals surface area contributed by atoms with Crippen LogP contribution in [0.2, 0.25) is 0 Å². The smallest absolute Gasteiger partial charge is 0.123 e. The monoisotopic (exact) mass is 251 g/mol. The largest absolute Gasteiger partial charge is 0.468 e. The fourth-order valence-electron chi connectivity index (χ4n) is 1.96. The highest BCUT2D eigenvalue weighted by atomic mass is 16.5. The summed E-state index contributed by atoms with van der Waals surface area (Å²) in [5.74, 6) is 2.63. The Morgan fingerprint density at radius 1 is 1.44 bits per heavy atom. The summed E-state index contributed by atoms with van der Waals surface area (Å²) < 4.78 is 11.2. The average molecular weight is 251 g/mol. The zero-order chi connectivity index (χ0) is 12.8. The van der Waals surface area contributed by atoms with Crippen molar-refractivity contribution in [2.75, 3.05) is 13.2 Å². The molecular formula is C15H25NO2. The normalized spacial score (nSPS) is 15.5. The molecule has 0 radical (unpaired) electrons. The third-order valence-corrected chi connectivity index (χ3v) is 3.30. The van der Waals surface area contributed by atoms with E-state index < -0.39 is 0 Å². The van der Waals surface area contributed by atoms with E-state index in [-0.39, 0.29) is 0 Å². The fraction of sp³-hybridized carbons (Fsp3) is 0.733. The van der Waals surface area contributed by atoms with E-state index in [1.54, 1.807) is 6.26 Å². The van der Waals surface area contributed by atoms with E-state index in [4.69, 9.17) is 9.15 Å². The van der Waals surface area contributed by atoms with Gasteiger partial charge in [-0.25, -0.2) is 0 Å². The molecule has 1 N–H and O–H groups in total. The van der Waals surface area contributed by atoms with Crippen molar-refractivity contribution in [1.82, 2.24) is 5.32 Å². The quantitative estimate of drug-likeness (QED) is 0.683. The van der Waals surface area contributed by atoms with Crippen LogP contribution in [0.3, 0.4) is 0 Å². The van der Waals surface area contributed by atoms with Crippen molar-refractivity contribution in [2.45, 2.75) is 46.3 Å². The molecule has 1 aliphatic rings. The van der Waals surface area contributed by atoms with Gasteiger partial charge in [0.15, 0.2) is 0 Å².